The summed E-state index contributed by atoms with van der Waals surface area (Å²) in [5, 5.41) is 12.3. The summed E-state index contributed by atoms with van der Waals surface area (Å²) in [6.07, 6.45) is 0.498. The third-order valence-electron chi connectivity index (χ3n) is 2.81. The lowest BCUT2D eigenvalue weighted by Gasteiger charge is -2.25. The molecule has 1 heterocycles. The van der Waals surface area contributed by atoms with Crippen molar-refractivity contribution in [1.29, 1.82) is 0 Å². The van der Waals surface area contributed by atoms with E-state index in [0.29, 0.717) is 6.42 Å². The van der Waals surface area contributed by atoms with Crippen LogP contribution in [0.5, 0.6) is 0 Å². The molecule has 1 saturated carbocycles. The van der Waals surface area contributed by atoms with Crippen molar-refractivity contribution < 1.29 is 19.4 Å². The Morgan fingerprint density at radius 2 is 2.06 bits per heavy atom. The summed E-state index contributed by atoms with van der Waals surface area (Å²) in [5.74, 6) is 0. The Kier molecular flexibility index (Phi) is 2.84. The van der Waals surface area contributed by atoms with Crippen LogP contribution < -0.4 is 5.32 Å². The minimum atomic E-state index is -0.484. The van der Waals surface area contributed by atoms with E-state index in [4.69, 9.17) is 9.47 Å². The predicted octanol–water partition coefficient (Wildman–Crippen LogP) is 0.802. The highest BCUT2D eigenvalue weighted by Gasteiger charge is 2.53. The SMILES string of the molecule is CC(C)(C)OC(=O)N[C@@H]1CC[C@H](O)[C@@H]2O[C@H]21. The highest BCUT2D eigenvalue weighted by Crippen LogP contribution is 2.36. The quantitative estimate of drug-likeness (QED) is 0.652. The van der Waals surface area contributed by atoms with Crippen molar-refractivity contribution in [3.63, 3.8) is 0 Å². The number of fused-ring (bicyclic) bond motifs is 1. The molecule has 1 saturated heterocycles. The minimum Gasteiger partial charge on any atom is -0.444 e. The van der Waals surface area contributed by atoms with Crippen molar-refractivity contribution in [3.05, 3.63) is 0 Å². The van der Waals surface area contributed by atoms with Crippen molar-refractivity contribution in [3.8, 4) is 0 Å². The predicted molar refractivity (Wildman–Crippen MR) is 57.1 cm³/mol. The lowest BCUT2D eigenvalue weighted by molar-refractivity contribution is 0.0479. The average molecular weight is 229 g/mol. The molecule has 0 aromatic carbocycles. The summed E-state index contributed by atoms with van der Waals surface area (Å²) in [6, 6.07) is -0.0248. The zero-order valence-corrected chi connectivity index (χ0v) is 9.90. The topological polar surface area (TPSA) is 71.1 Å². The van der Waals surface area contributed by atoms with Crippen molar-refractivity contribution in [1.82, 2.24) is 5.32 Å². The van der Waals surface area contributed by atoms with Gasteiger partial charge in [-0.1, -0.05) is 0 Å². The van der Waals surface area contributed by atoms with Gasteiger partial charge in [-0.25, -0.2) is 4.79 Å². The normalized spacial score (nSPS) is 37.5. The van der Waals surface area contributed by atoms with E-state index in [1.54, 1.807) is 0 Å². The lowest BCUT2D eigenvalue weighted by atomic mass is 9.93. The van der Waals surface area contributed by atoms with E-state index in [1.165, 1.54) is 0 Å². The first-order chi connectivity index (χ1) is 7.37. The van der Waals surface area contributed by atoms with Gasteiger partial charge in [0.05, 0.1) is 12.1 Å². The molecule has 4 atom stereocenters. The lowest BCUT2D eigenvalue weighted by Crippen LogP contribution is -2.45. The van der Waals surface area contributed by atoms with Crippen molar-refractivity contribution in [2.75, 3.05) is 0 Å². The second-order valence-electron chi connectivity index (χ2n) is 5.46. The molecule has 2 N–H and O–H groups in total. The Morgan fingerprint density at radius 3 is 2.69 bits per heavy atom. The van der Waals surface area contributed by atoms with Crippen LogP contribution in [0.15, 0.2) is 0 Å². The van der Waals surface area contributed by atoms with E-state index >= 15 is 0 Å². The van der Waals surface area contributed by atoms with Crippen LogP contribution in [-0.2, 0) is 9.47 Å². The van der Waals surface area contributed by atoms with E-state index in [0.717, 1.165) is 6.42 Å². The summed E-state index contributed by atoms with van der Waals surface area (Å²) in [6.45, 7) is 5.48. The van der Waals surface area contributed by atoms with E-state index < -0.39 is 11.7 Å². The molecule has 16 heavy (non-hydrogen) atoms. The highest BCUT2D eigenvalue weighted by atomic mass is 16.6. The standard InChI is InChI=1S/C11H19NO4/c1-11(2,3)16-10(14)12-6-4-5-7(13)9-8(6)15-9/h6-9,13H,4-5H2,1-3H3,(H,12,14)/t6-,7+,8+,9+/m1/s1. The van der Waals surface area contributed by atoms with Crippen LogP contribution in [0.3, 0.4) is 0 Å². The van der Waals surface area contributed by atoms with Crippen LogP contribution in [0.25, 0.3) is 0 Å². The first-order valence-corrected chi connectivity index (χ1v) is 5.70. The van der Waals surface area contributed by atoms with Gasteiger partial charge >= 0.3 is 6.09 Å². The Balaban J connectivity index is 1.80. The van der Waals surface area contributed by atoms with Gasteiger partial charge in [0.15, 0.2) is 0 Å². The smallest absolute Gasteiger partial charge is 0.407 e. The summed E-state index contributed by atoms with van der Waals surface area (Å²) >= 11 is 0. The van der Waals surface area contributed by atoms with Crippen LogP contribution in [0, 0.1) is 0 Å². The van der Waals surface area contributed by atoms with Gasteiger partial charge < -0.3 is 19.9 Å². The highest BCUT2D eigenvalue weighted by molar-refractivity contribution is 5.68. The van der Waals surface area contributed by atoms with Crippen LogP contribution >= 0.6 is 0 Å². The molecule has 0 spiro atoms. The van der Waals surface area contributed by atoms with Crippen molar-refractivity contribution >= 4 is 6.09 Å². The molecule has 0 radical (unpaired) electrons. The number of amides is 1. The Bertz CT molecular complexity index is 286. The molecule has 5 heteroatoms. The number of hydrogen-bond acceptors (Lipinski definition) is 4. The van der Waals surface area contributed by atoms with Gasteiger partial charge in [0.1, 0.15) is 17.8 Å². The molecule has 1 aliphatic carbocycles. The fraction of sp³-hybridized carbons (Fsp3) is 0.909. The number of nitrogens with one attached hydrogen (secondary N) is 1. The van der Waals surface area contributed by atoms with Gasteiger partial charge in [0, 0.05) is 0 Å². The van der Waals surface area contributed by atoms with E-state index in [1.807, 2.05) is 20.8 Å². The maximum atomic E-state index is 11.5. The number of ether oxygens (including phenoxy) is 2. The molecule has 2 fully saturated rings. The van der Waals surface area contributed by atoms with Gasteiger partial charge in [-0.15, -0.1) is 0 Å². The third-order valence-corrected chi connectivity index (χ3v) is 2.81. The zero-order valence-electron chi connectivity index (χ0n) is 9.90. The maximum absolute atomic E-state index is 11.5. The van der Waals surface area contributed by atoms with E-state index in [-0.39, 0.29) is 24.4 Å². The number of rotatable bonds is 1. The molecule has 0 unspecified atom stereocenters. The minimum absolute atomic E-state index is 0.0248. The largest absolute Gasteiger partial charge is 0.444 e. The van der Waals surface area contributed by atoms with Gasteiger partial charge in [-0.05, 0) is 33.6 Å². The molecule has 0 bridgehead atoms. The molecule has 0 aromatic heterocycles. The monoisotopic (exact) mass is 229 g/mol. The van der Waals surface area contributed by atoms with Gasteiger partial charge in [0.25, 0.3) is 0 Å². The fourth-order valence-electron chi connectivity index (χ4n) is 2.06. The molecule has 92 valence electrons. The van der Waals surface area contributed by atoms with Crippen LogP contribution in [0.1, 0.15) is 33.6 Å². The average Bonchev–Trinajstić information content (AvgIpc) is 2.86. The Hall–Kier alpha value is -0.810. The van der Waals surface area contributed by atoms with Crippen molar-refractivity contribution in [2.24, 2.45) is 0 Å². The maximum Gasteiger partial charge on any atom is 0.407 e. The molecular weight excluding hydrogens is 210 g/mol. The molecule has 1 amide bonds. The van der Waals surface area contributed by atoms with E-state index in [9.17, 15) is 9.90 Å². The summed E-state index contributed by atoms with van der Waals surface area (Å²) in [7, 11) is 0. The number of hydrogen-bond donors (Lipinski definition) is 2. The molecule has 2 rings (SSSR count). The summed E-state index contributed by atoms with van der Waals surface area (Å²) < 4.78 is 10.5. The second-order valence-corrected chi connectivity index (χ2v) is 5.46. The Labute approximate surface area is 95.1 Å². The first-order valence-electron chi connectivity index (χ1n) is 5.70. The molecular formula is C11H19NO4. The first kappa shape index (κ1) is 11.7. The Morgan fingerprint density at radius 1 is 1.38 bits per heavy atom. The number of aliphatic hydroxyl groups excluding tert-OH is 1. The number of aliphatic hydroxyl groups is 1. The molecule has 5 nitrogen and oxygen atoms in total. The summed E-state index contributed by atoms with van der Waals surface area (Å²) in [4.78, 5) is 11.5. The van der Waals surface area contributed by atoms with Crippen LogP contribution in [0.4, 0.5) is 4.79 Å². The van der Waals surface area contributed by atoms with Gasteiger partial charge in [0.2, 0.25) is 0 Å². The summed E-state index contributed by atoms with van der Waals surface area (Å²) in [5.41, 5.74) is -0.484. The number of carbonyl (C=O) groups excluding carboxylic acids is 1. The van der Waals surface area contributed by atoms with E-state index in [2.05, 4.69) is 5.32 Å². The zero-order chi connectivity index (χ0) is 11.9. The number of epoxide rings is 1. The number of alkyl carbamates (subject to hydrolysis) is 1. The van der Waals surface area contributed by atoms with Crippen molar-refractivity contribution in [2.45, 2.75) is 63.6 Å². The molecule has 2 aliphatic rings. The fourth-order valence-corrected chi connectivity index (χ4v) is 2.06. The van der Waals surface area contributed by atoms with Gasteiger partial charge in [-0.3, -0.25) is 0 Å². The molecule has 1 aliphatic heterocycles. The number of carbonyl (C=O) groups is 1. The van der Waals surface area contributed by atoms with Crippen LogP contribution in [0.2, 0.25) is 0 Å². The second kappa shape index (κ2) is 3.89. The third kappa shape index (κ3) is 2.65. The van der Waals surface area contributed by atoms with Gasteiger partial charge in [-0.2, -0.15) is 0 Å². The molecule has 0 aromatic rings. The van der Waals surface area contributed by atoms with Crippen LogP contribution in [-0.4, -0.2) is 41.2 Å².